The molecule has 0 heterocycles. The third-order valence-corrected chi connectivity index (χ3v) is 45.9. The molecule has 808 valence electrons. The Labute approximate surface area is 885 Å². The van der Waals surface area contributed by atoms with Crippen LogP contribution in [-0.2, 0) is 19.0 Å². The van der Waals surface area contributed by atoms with Crippen LogP contribution in [0.2, 0.25) is 0 Å². The monoisotopic (exact) mass is 2010 g/mol. The quantitative estimate of drug-likeness (QED) is 0.0306. The molecule has 3 aromatic carbocycles. The molecule has 0 amide bonds. The Balaban J connectivity index is 0.000000145. The highest BCUT2D eigenvalue weighted by molar-refractivity contribution is 7.35. The first-order valence-electron chi connectivity index (χ1n) is 60.3. The van der Waals surface area contributed by atoms with Gasteiger partial charge in [0.15, 0.2) is 5.78 Å². The van der Waals surface area contributed by atoms with E-state index >= 15 is 0 Å². The molecule has 0 saturated heterocycles. The highest BCUT2D eigenvalue weighted by Gasteiger charge is 2.66. The summed E-state index contributed by atoms with van der Waals surface area (Å²) in [5.41, 5.74) is 9.53. The largest absolute Gasteiger partial charge is 0.456 e. The number of ketones is 1. The molecular weight excluding hydrogens is 1800 g/mol. The van der Waals surface area contributed by atoms with Crippen molar-refractivity contribution in [3.8, 4) is 0 Å². The zero-order valence-corrected chi connectivity index (χ0v) is 97.3. The molecular formula is C134H207O10P. The van der Waals surface area contributed by atoms with Crippen LogP contribution in [0.15, 0.2) is 138 Å². The predicted octanol–water partition coefficient (Wildman–Crippen LogP) is 34.5. The van der Waals surface area contributed by atoms with Gasteiger partial charge in [0.05, 0.1) is 34.5 Å². The van der Waals surface area contributed by atoms with Gasteiger partial charge in [-0.3, -0.25) is 4.79 Å². The lowest BCUT2D eigenvalue weighted by atomic mass is 9.46. The standard InChI is InChI=1S/C35H52O3.C35H50O3.C35H52O2.C27H46O2.C2H7P/c2*1-23-16-19-34(5)26(21-23)22-30(36)31-28-15-14-27(35(28,6)20-17-29(31)34)24(2)11-10-18-33(3,4)38-32(37)25-12-8-7-9-13-25;1-24-18-21-34(5)27(23-24)14-15-28-30-17-16-29(35(30,6)22-19-31(28)34)25(2)11-10-20-33(3,4)37-32(36)26-12-8-7-9-13-26;1-18(7-6-14-25(2,3)29)22-10-11-23-21-9-8-19-17-20(28)12-15-26(19,4)24(21)13-16-27(22,23)5;1-3-2/h7-9,12-13,22-24,27-31,36H,10-11,14-21H2,1-6H3;7-9,12-13,22-24,27-29,31H,10-11,14-21H2,1-6H3;7-9,12-14,24-25,28-31H,10-11,15-23H2,1-6H3;8,18,20-24,28-29H,6-7,9-17H2,1-5H3;3H,1-2H3/t23-,24+,27+,28-,29?,30+,31-,34?,35+;23-,24+,27+,28-,29?,31-,34?,35+;24-,25+,28-,29+,30-,31?,34?,35+;18-,20+,21?,22-,23+,24?,26?,27-;/m0001./s1. The van der Waals surface area contributed by atoms with Crippen LogP contribution in [0.3, 0.4) is 0 Å². The minimum Gasteiger partial charge on any atom is -0.456 e. The van der Waals surface area contributed by atoms with E-state index in [9.17, 15) is 34.5 Å². The van der Waals surface area contributed by atoms with E-state index in [-0.39, 0.29) is 46.9 Å². The molecule has 16 aliphatic rings. The number of aliphatic hydroxyl groups is 3. The fourth-order valence-corrected chi connectivity index (χ4v) is 37.8. The van der Waals surface area contributed by atoms with Crippen molar-refractivity contribution in [1.82, 2.24) is 0 Å². The molecule has 0 radical (unpaired) electrons. The maximum Gasteiger partial charge on any atom is 0.338 e. The molecule has 0 bridgehead atoms. The molecule has 16 aliphatic carbocycles. The number of esters is 3. The zero-order chi connectivity index (χ0) is 105. The second-order valence-electron chi connectivity index (χ2n) is 57.3. The second-order valence-corrected chi connectivity index (χ2v) is 58.3. The number of carbonyl (C=O) groups excluding carboxylic acids is 4. The van der Waals surface area contributed by atoms with Gasteiger partial charge < -0.3 is 29.5 Å². The van der Waals surface area contributed by atoms with Gasteiger partial charge in [0.1, 0.15) is 16.8 Å². The molecule has 0 spiro atoms. The lowest BCUT2D eigenvalue weighted by molar-refractivity contribution is -0.134. The van der Waals surface area contributed by atoms with Gasteiger partial charge in [-0.15, -0.1) is 8.58 Å². The summed E-state index contributed by atoms with van der Waals surface area (Å²) in [6.45, 7) is 58.3. The summed E-state index contributed by atoms with van der Waals surface area (Å²) >= 11 is 0. The first-order valence-corrected chi connectivity index (χ1v) is 62.3. The van der Waals surface area contributed by atoms with E-state index in [1.165, 1.54) is 198 Å². The summed E-state index contributed by atoms with van der Waals surface area (Å²) in [7, 11) is 1.08. The Morgan fingerprint density at radius 1 is 0.372 bits per heavy atom. The first kappa shape index (κ1) is 114. The van der Waals surface area contributed by atoms with Crippen molar-refractivity contribution in [2.75, 3.05) is 13.3 Å². The number of rotatable bonds is 26. The van der Waals surface area contributed by atoms with E-state index in [2.05, 4.69) is 155 Å². The van der Waals surface area contributed by atoms with Crippen molar-refractivity contribution in [3.05, 3.63) is 154 Å². The van der Waals surface area contributed by atoms with Gasteiger partial charge in [0.2, 0.25) is 0 Å². The molecule has 3 aromatic rings. The highest BCUT2D eigenvalue weighted by Crippen LogP contribution is 2.74. The third kappa shape index (κ3) is 24.3. The number of carbonyl (C=O) groups is 4. The summed E-state index contributed by atoms with van der Waals surface area (Å²) in [6, 6.07) is 28.0. The van der Waals surface area contributed by atoms with E-state index in [0.29, 0.717) is 102 Å². The number of fused-ring (bicyclic) bond motifs is 20. The van der Waals surface area contributed by atoms with Gasteiger partial charge in [-0.05, 0) is 522 Å². The Morgan fingerprint density at radius 3 is 1.08 bits per heavy atom. The lowest BCUT2D eigenvalue weighted by Gasteiger charge is -2.59. The van der Waals surface area contributed by atoms with Crippen molar-refractivity contribution in [1.29, 1.82) is 0 Å². The van der Waals surface area contributed by atoms with Crippen LogP contribution >= 0.6 is 8.58 Å². The molecule has 9 unspecified atom stereocenters. The SMILES string of the molecule is CPC.C[C@H](CCCC(C)(C)O)[C@H]1CC[C@H]2C3CC=C4C[C@@H](O)CCC4(C)C3CC[C@]12C.C[C@H]1CCC2(C)C(=CC(=O)[C@@H]3C2CC[C@]2(C)[C@@H]([C@H](C)CCCC(C)(C)OC(=O)c4ccccc4)CC[C@@H]32)C1.C[C@H]1CCC2(C)C(=CC[C@@H]3C2CC[C@]2(C)[C@@H]([C@H](C)CCCC(C)(C)OC(=O)c4ccccc4)CC[C@@H]32)C1.C[C@H]1CCC2(C)C(=C[C@@H](O)[C@@H]3C2CC[C@]2(C)[C@@H]([C@H](C)CCCC(C)(C)OC(=O)c4ccccc4)CC[C@@H]32)C1. The van der Waals surface area contributed by atoms with Crippen LogP contribution in [0.4, 0.5) is 0 Å². The predicted molar refractivity (Wildman–Crippen MR) is 602 cm³/mol. The molecule has 12 saturated carbocycles. The normalized spacial score (nSPS) is 39.1. The summed E-state index contributed by atoms with van der Waals surface area (Å²) < 4.78 is 17.7. The minimum absolute atomic E-state index is 0.0969. The van der Waals surface area contributed by atoms with E-state index in [1.807, 2.05) is 138 Å². The maximum atomic E-state index is 13.6. The Morgan fingerprint density at radius 2 is 0.683 bits per heavy atom. The van der Waals surface area contributed by atoms with Crippen LogP contribution < -0.4 is 0 Å². The van der Waals surface area contributed by atoms with E-state index in [0.717, 1.165) is 168 Å². The number of benzene rings is 3. The van der Waals surface area contributed by atoms with Crippen molar-refractivity contribution >= 4 is 32.3 Å². The first-order chi connectivity index (χ1) is 68.4. The van der Waals surface area contributed by atoms with Gasteiger partial charge in [0.25, 0.3) is 0 Å². The zero-order valence-electron chi connectivity index (χ0n) is 96.3. The molecule has 3 N–H and O–H groups in total. The summed E-state index contributed by atoms with van der Waals surface area (Å²) in [5.74, 6) is 16.5. The Bertz CT molecular complexity index is 4950. The van der Waals surface area contributed by atoms with Crippen molar-refractivity contribution < 1.29 is 48.7 Å². The second kappa shape index (κ2) is 46.0. The van der Waals surface area contributed by atoms with Gasteiger partial charge >= 0.3 is 17.9 Å². The van der Waals surface area contributed by atoms with E-state index < -0.39 is 22.4 Å². The summed E-state index contributed by atoms with van der Waals surface area (Å²) in [5, 5.41) is 31.8. The van der Waals surface area contributed by atoms with Crippen LogP contribution in [0.5, 0.6) is 0 Å². The molecule has 19 rings (SSSR count). The molecule has 0 aliphatic heterocycles. The summed E-state index contributed by atoms with van der Waals surface area (Å²) in [4.78, 5) is 51.4. The topological polar surface area (TPSA) is 157 Å². The third-order valence-electron chi connectivity index (χ3n) is 45.9. The molecule has 0 aromatic heterocycles. The van der Waals surface area contributed by atoms with Gasteiger partial charge in [-0.1, -0.05) is 231 Å². The fraction of sp³-hybridized carbons (Fsp3) is 0.776. The maximum absolute atomic E-state index is 13.6. The van der Waals surface area contributed by atoms with Gasteiger partial charge in [0, 0.05) is 5.92 Å². The van der Waals surface area contributed by atoms with Crippen LogP contribution in [-0.4, -0.2) is 87.0 Å². The average molecular weight is 2010 g/mol. The van der Waals surface area contributed by atoms with Crippen molar-refractivity contribution in [2.45, 2.75) is 464 Å². The smallest absolute Gasteiger partial charge is 0.338 e. The molecule has 145 heavy (non-hydrogen) atoms. The number of allylic oxidation sites excluding steroid dienone is 6. The Kier molecular flexibility index (Phi) is 36.2. The number of ether oxygens (including phenoxy) is 3. The van der Waals surface area contributed by atoms with Crippen LogP contribution in [0.25, 0.3) is 0 Å². The molecule has 12 fully saturated rings. The average Bonchev–Trinajstić information content (AvgIpc) is 1.57. The fourth-order valence-electron chi connectivity index (χ4n) is 37.8. The van der Waals surface area contributed by atoms with Gasteiger partial charge in [-0.2, -0.15) is 0 Å². The lowest BCUT2D eigenvalue weighted by Crippen LogP contribution is -2.54. The van der Waals surface area contributed by atoms with Crippen LogP contribution in [0.1, 0.15) is 460 Å². The number of hydrogen-bond acceptors (Lipinski definition) is 10. The van der Waals surface area contributed by atoms with E-state index in [1.54, 1.807) is 11.1 Å². The Hall–Kier alpha value is -4.99. The summed E-state index contributed by atoms with van der Waals surface area (Å²) in [6.07, 6.45) is 61.3. The highest BCUT2D eigenvalue weighted by atomic mass is 31.1. The number of aliphatic hydroxyl groups excluding tert-OH is 2. The van der Waals surface area contributed by atoms with Gasteiger partial charge in [-0.25, -0.2) is 14.4 Å². The number of hydrogen-bond donors (Lipinski definition) is 3. The van der Waals surface area contributed by atoms with Crippen LogP contribution in [0, 0.1) is 179 Å². The molecule has 11 heteroatoms. The van der Waals surface area contributed by atoms with Crippen molar-refractivity contribution in [3.63, 3.8) is 0 Å². The molecule has 33 atom stereocenters. The molecule has 10 nitrogen and oxygen atoms in total. The minimum atomic E-state index is -0.519. The van der Waals surface area contributed by atoms with Crippen molar-refractivity contribution in [2.24, 2.45) is 179 Å². The van der Waals surface area contributed by atoms with E-state index in [4.69, 9.17) is 14.2 Å².